The Bertz CT molecular complexity index is 533. The molecule has 0 saturated carbocycles. The highest BCUT2D eigenvalue weighted by Gasteiger charge is 2.08. The van der Waals surface area contributed by atoms with Crippen LogP contribution >= 0.6 is 11.6 Å². The molecule has 0 atom stereocenters. The summed E-state index contributed by atoms with van der Waals surface area (Å²) in [5.41, 5.74) is 7.04. The van der Waals surface area contributed by atoms with Crippen molar-refractivity contribution < 1.29 is 9.90 Å². The van der Waals surface area contributed by atoms with Crippen LogP contribution in [-0.4, -0.2) is 15.6 Å². The lowest BCUT2D eigenvalue weighted by Crippen LogP contribution is -2.07. The number of nitrogens with two attached hydrogens (primary N) is 1. The fourth-order valence-corrected chi connectivity index (χ4v) is 1.74. The zero-order valence-electron chi connectivity index (χ0n) is 7.77. The normalized spacial score (nSPS) is 10.7. The van der Waals surface area contributed by atoms with Crippen LogP contribution in [-0.2, 0) is 11.3 Å². The van der Waals surface area contributed by atoms with Crippen LogP contribution in [0.5, 0.6) is 0 Å². The fraction of sp³-hybridized carbons (Fsp3) is 0.100. The third-order valence-corrected chi connectivity index (χ3v) is 2.42. The van der Waals surface area contributed by atoms with E-state index in [1.807, 2.05) is 0 Å². The number of anilines is 1. The minimum absolute atomic E-state index is 0.117. The minimum Gasteiger partial charge on any atom is -0.480 e. The SMILES string of the molecule is Nc1cn(CC(=O)O)c2cc(Cl)ccc12. The summed E-state index contributed by atoms with van der Waals surface area (Å²) in [6.07, 6.45) is 1.61. The lowest BCUT2D eigenvalue weighted by Gasteiger charge is -2.00. The van der Waals surface area contributed by atoms with Gasteiger partial charge < -0.3 is 15.4 Å². The zero-order chi connectivity index (χ0) is 11.0. The van der Waals surface area contributed by atoms with E-state index in [0.29, 0.717) is 10.7 Å². The summed E-state index contributed by atoms with van der Waals surface area (Å²) in [7, 11) is 0. The first-order valence-corrected chi connectivity index (χ1v) is 4.71. The van der Waals surface area contributed by atoms with Crippen LogP contribution in [0.2, 0.25) is 5.02 Å². The van der Waals surface area contributed by atoms with Crippen LogP contribution in [0.3, 0.4) is 0 Å². The van der Waals surface area contributed by atoms with Gasteiger partial charge >= 0.3 is 5.97 Å². The average Bonchev–Trinajstić information content (AvgIpc) is 2.42. The van der Waals surface area contributed by atoms with Gasteiger partial charge in [-0.25, -0.2) is 0 Å². The molecule has 0 unspecified atom stereocenters. The topological polar surface area (TPSA) is 68.2 Å². The highest BCUT2D eigenvalue weighted by Crippen LogP contribution is 2.26. The number of hydrogen-bond acceptors (Lipinski definition) is 2. The summed E-state index contributed by atoms with van der Waals surface area (Å²) in [5.74, 6) is -0.910. The van der Waals surface area contributed by atoms with Gasteiger partial charge in [0, 0.05) is 16.6 Å². The summed E-state index contributed by atoms with van der Waals surface area (Å²) in [6, 6.07) is 5.22. The highest BCUT2D eigenvalue weighted by atomic mass is 35.5. The maximum Gasteiger partial charge on any atom is 0.323 e. The number of halogens is 1. The van der Waals surface area contributed by atoms with Crippen LogP contribution in [0.15, 0.2) is 24.4 Å². The second-order valence-corrected chi connectivity index (χ2v) is 3.70. The van der Waals surface area contributed by atoms with E-state index < -0.39 is 5.97 Å². The largest absolute Gasteiger partial charge is 0.480 e. The van der Waals surface area contributed by atoms with Crippen molar-refractivity contribution in [3.63, 3.8) is 0 Å². The van der Waals surface area contributed by atoms with E-state index in [9.17, 15) is 4.79 Å². The van der Waals surface area contributed by atoms with Gasteiger partial charge in [0.1, 0.15) is 6.54 Å². The van der Waals surface area contributed by atoms with Crippen LogP contribution in [0, 0.1) is 0 Å². The van der Waals surface area contributed by atoms with Gasteiger partial charge in [0.25, 0.3) is 0 Å². The van der Waals surface area contributed by atoms with Gasteiger partial charge in [-0.3, -0.25) is 4.79 Å². The molecule has 0 bridgehead atoms. The van der Waals surface area contributed by atoms with Gasteiger partial charge in [-0.2, -0.15) is 0 Å². The van der Waals surface area contributed by atoms with Crippen molar-refractivity contribution in [2.24, 2.45) is 0 Å². The molecule has 2 rings (SSSR count). The van der Waals surface area contributed by atoms with Gasteiger partial charge in [0.05, 0.1) is 11.2 Å². The quantitative estimate of drug-likeness (QED) is 0.820. The Kier molecular flexibility index (Phi) is 2.28. The first-order chi connectivity index (χ1) is 7.08. The number of hydrogen-bond donors (Lipinski definition) is 2. The summed E-state index contributed by atoms with van der Waals surface area (Å²) < 4.78 is 1.57. The number of carboxylic acids is 1. The molecule has 0 aliphatic carbocycles. The van der Waals surface area contributed by atoms with E-state index in [2.05, 4.69) is 0 Å². The first kappa shape index (κ1) is 9.86. The van der Waals surface area contributed by atoms with E-state index in [0.717, 1.165) is 10.9 Å². The molecule has 0 aliphatic rings. The number of aromatic nitrogens is 1. The highest BCUT2D eigenvalue weighted by molar-refractivity contribution is 6.31. The summed E-state index contributed by atoms with van der Waals surface area (Å²) in [6.45, 7) is -0.117. The molecule has 5 heteroatoms. The van der Waals surface area contributed by atoms with Gasteiger partial charge in [0.2, 0.25) is 0 Å². The molecule has 2 aromatic rings. The summed E-state index contributed by atoms with van der Waals surface area (Å²) in [5, 5.41) is 10.1. The second kappa shape index (κ2) is 3.47. The Hall–Kier alpha value is -1.68. The van der Waals surface area contributed by atoms with Crippen molar-refractivity contribution in [2.45, 2.75) is 6.54 Å². The van der Waals surface area contributed by atoms with E-state index in [-0.39, 0.29) is 6.54 Å². The Morgan fingerprint density at radius 2 is 2.27 bits per heavy atom. The molecular formula is C10H9ClN2O2. The number of rotatable bonds is 2. The Balaban J connectivity index is 2.64. The maximum absolute atomic E-state index is 10.6. The number of benzene rings is 1. The first-order valence-electron chi connectivity index (χ1n) is 4.33. The van der Waals surface area contributed by atoms with Crippen LogP contribution in [0.1, 0.15) is 0 Å². The van der Waals surface area contributed by atoms with Crippen LogP contribution < -0.4 is 5.73 Å². The number of aliphatic carboxylic acids is 1. The van der Waals surface area contributed by atoms with E-state index in [1.54, 1.807) is 29.0 Å². The molecule has 0 fully saturated rings. The molecule has 0 radical (unpaired) electrons. The van der Waals surface area contributed by atoms with Crippen LogP contribution in [0.25, 0.3) is 10.9 Å². The maximum atomic E-state index is 10.6. The lowest BCUT2D eigenvalue weighted by molar-refractivity contribution is -0.137. The predicted molar refractivity (Wildman–Crippen MR) is 59.0 cm³/mol. The third-order valence-electron chi connectivity index (χ3n) is 2.18. The number of carbonyl (C=O) groups is 1. The van der Waals surface area contributed by atoms with Crippen molar-refractivity contribution in [3.8, 4) is 0 Å². The monoisotopic (exact) mass is 224 g/mol. The van der Waals surface area contributed by atoms with Crippen molar-refractivity contribution >= 4 is 34.2 Å². The Morgan fingerprint density at radius 3 is 2.93 bits per heavy atom. The Labute approximate surface area is 90.9 Å². The van der Waals surface area contributed by atoms with Crippen molar-refractivity contribution in [1.82, 2.24) is 4.57 Å². The smallest absolute Gasteiger partial charge is 0.323 e. The summed E-state index contributed by atoms with van der Waals surface area (Å²) >= 11 is 5.83. The molecule has 1 heterocycles. The molecule has 78 valence electrons. The molecule has 3 N–H and O–H groups in total. The molecule has 1 aromatic carbocycles. The zero-order valence-corrected chi connectivity index (χ0v) is 8.53. The molecule has 0 amide bonds. The van der Waals surface area contributed by atoms with E-state index in [1.165, 1.54) is 0 Å². The van der Waals surface area contributed by atoms with Crippen molar-refractivity contribution in [2.75, 3.05) is 5.73 Å². The number of nitrogens with zero attached hydrogens (tertiary/aromatic N) is 1. The molecular weight excluding hydrogens is 216 g/mol. The van der Waals surface area contributed by atoms with E-state index >= 15 is 0 Å². The summed E-state index contributed by atoms with van der Waals surface area (Å²) in [4.78, 5) is 10.6. The van der Waals surface area contributed by atoms with E-state index in [4.69, 9.17) is 22.4 Å². The second-order valence-electron chi connectivity index (χ2n) is 3.27. The van der Waals surface area contributed by atoms with Crippen LogP contribution in [0.4, 0.5) is 5.69 Å². The molecule has 0 spiro atoms. The van der Waals surface area contributed by atoms with Gasteiger partial charge in [-0.05, 0) is 18.2 Å². The lowest BCUT2D eigenvalue weighted by atomic mass is 10.2. The van der Waals surface area contributed by atoms with Crippen molar-refractivity contribution in [1.29, 1.82) is 0 Å². The number of carboxylic acid groups (broad SMARTS) is 1. The predicted octanol–water partition coefficient (Wildman–Crippen LogP) is 1.96. The number of fused-ring (bicyclic) bond motifs is 1. The molecule has 15 heavy (non-hydrogen) atoms. The average molecular weight is 225 g/mol. The van der Waals surface area contributed by atoms with Gasteiger partial charge in [0.15, 0.2) is 0 Å². The van der Waals surface area contributed by atoms with Crippen molar-refractivity contribution in [3.05, 3.63) is 29.4 Å². The van der Waals surface area contributed by atoms with Gasteiger partial charge in [-0.1, -0.05) is 11.6 Å². The Morgan fingerprint density at radius 1 is 1.53 bits per heavy atom. The molecule has 0 aliphatic heterocycles. The molecule has 1 aromatic heterocycles. The third kappa shape index (κ3) is 1.76. The number of nitrogen functional groups attached to an aromatic ring is 1. The molecule has 0 saturated heterocycles. The molecule has 4 nitrogen and oxygen atoms in total. The fourth-order valence-electron chi connectivity index (χ4n) is 1.57. The standard InChI is InChI=1S/C10H9ClN2O2/c11-6-1-2-7-8(12)4-13(5-10(14)15)9(7)3-6/h1-4H,5,12H2,(H,14,15). The minimum atomic E-state index is -0.910. The van der Waals surface area contributed by atoms with Gasteiger partial charge in [-0.15, -0.1) is 0 Å².